The van der Waals surface area contributed by atoms with Gasteiger partial charge < -0.3 is 14.7 Å². The van der Waals surface area contributed by atoms with Crippen molar-refractivity contribution in [3.8, 4) is 11.3 Å². The molecule has 0 unspecified atom stereocenters. The number of carbonyl (C=O) groups excluding carboxylic acids is 2. The van der Waals surface area contributed by atoms with Crippen LogP contribution in [0.5, 0.6) is 0 Å². The minimum absolute atomic E-state index is 0.0352. The van der Waals surface area contributed by atoms with Gasteiger partial charge in [0.15, 0.2) is 5.82 Å². The SMILES string of the molecule is O=C(CN(CCc1ccccc1)C(=O)c1ccccc1F)N1CCN(c2ccc(-c3ccccc3Cl)nn2)CC1. The van der Waals surface area contributed by atoms with Gasteiger partial charge in [-0.25, -0.2) is 4.39 Å². The molecule has 2 heterocycles. The Morgan fingerprint density at radius 1 is 0.825 bits per heavy atom. The largest absolute Gasteiger partial charge is 0.352 e. The average Bonchev–Trinajstić information content (AvgIpc) is 3.00. The number of carbonyl (C=O) groups is 2. The number of rotatable bonds is 8. The van der Waals surface area contributed by atoms with Gasteiger partial charge in [0.2, 0.25) is 5.91 Å². The summed E-state index contributed by atoms with van der Waals surface area (Å²) in [6, 6.07) is 26.9. The van der Waals surface area contributed by atoms with Gasteiger partial charge in [0, 0.05) is 38.3 Å². The first-order chi connectivity index (χ1) is 19.5. The predicted octanol–water partition coefficient (Wildman–Crippen LogP) is 4.97. The molecule has 0 saturated carbocycles. The number of amides is 2. The van der Waals surface area contributed by atoms with Crippen LogP contribution in [-0.2, 0) is 11.2 Å². The highest BCUT2D eigenvalue weighted by Gasteiger charge is 2.27. The number of aromatic nitrogens is 2. The molecule has 0 atom stereocenters. The minimum atomic E-state index is -0.597. The molecule has 1 aliphatic heterocycles. The van der Waals surface area contributed by atoms with E-state index in [0.29, 0.717) is 49.9 Å². The summed E-state index contributed by atoms with van der Waals surface area (Å²) < 4.78 is 14.4. The van der Waals surface area contributed by atoms with Crippen LogP contribution in [0, 0.1) is 5.82 Å². The third kappa shape index (κ3) is 6.46. The molecule has 0 spiro atoms. The maximum absolute atomic E-state index is 14.4. The van der Waals surface area contributed by atoms with Gasteiger partial charge in [0.25, 0.3) is 5.91 Å². The van der Waals surface area contributed by atoms with Crippen molar-refractivity contribution in [2.75, 3.05) is 44.2 Å². The summed E-state index contributed by atoms with van der Waals surface area (Å²) in [7, 11) is 0. The van der Waals surface area contributed by atoms with Crippen molar-refractivity contribution in [3.63, 3.8) is 0 Å². The van der Waals surface area contributed by atoms with Gasteiger partial charge in [-0.3, -0.25) is 9.59 Å². The molecule has 7 nitrogen and oxygen atoms in total. The molecule has 2 amide bonds. The third-order valence-corrected chi connectivity index (χ3v) is 7.32. The lowest BCUT2D eigenvalue weighted by Gasteiger charge is -2.36. The van der Waals surface area contributed by atoms with E-state index in [0.717, 1.165) is 16.9 Å². The van der Waals surface area contributed by atoms with E-state index in [4.69, 9.17) is 11.6 Å². The quantitative estimate of drug-likeness (QED) is 0.306. The number of piperazine rings is 1. The molecular formula is C31H29ClFN5O2. The Balaban J connectivity index is 1.22. The van der Waals surface area contributed by atoms with E-state index in [2.05, 4.69) is 15.1 Å². The number of hydrogen-bond acceptors (Lipinski definition) is 5. The summed E-state index contributed by atoms with van der Waals surface area (Å²) in [5, 5.41) is 9.34. The molecule has 0 bridgehead atoms. The Morgan fingerprint density at radius 2 is 1.52 bits per heavy atom. The lowest BCUT2D eigenvalue weighted by molar-refractivity contribution is -0.132. The Bertz CT molecular complexity index is 1460. The lowest BCUT2D eigenvalue weighted by atomic mass is 10.1. The van der Waals surface area contributed by atoms with Crippen LogP contribution < -0.4 is 4.90 Å². The summed E-state index contributed by atoms with van der Waals surface area (Å²) >= 11 is 6.28. The van der Waals surface area contributed by atoms with Crippen molar-refractivity contribution in [1.29, 1.82) is 0 Å². The second-order valence-electron chi connectivity index (χ2n) is 9.57. The fourth-order valence-corrected chi connectivity index (χ4v) is 4.95. The maximum Gasteiger partial charge on any atom is 0.257 e. The topological polar surface area (TPSA) is 69.6 Å². The Labute approximate surface area is 237 Å². The summed E-state index contributed by atoms with van der Waals surface area (Å²) in [5.41, 5.74) is 2.52. The molecule has 1 saturated heterocycles. The summed E-state index contributed by atoms with van der Waals surface area (Å²) in [4.78, 5) is 31.8. The van der Waals surface area contributed by atoms with Crippen LogP contribution in [0.4, 0.5) is 10.2 Å². The smallest absolute Gasteiger partial charge is 0.257 e. The normalized spacial score (nSPS) is 13.2. The molecule has 0 aliphatic carbocycles. The molecule has 204 valence electrons. The molecule has 0 radical (unpaired) electrons. The van der Waals surface area contributed by atoms with E-state index in [9.17, 15) is 14.0 Å². The predicted molar refractivity (Wildman–Crippen MR) is 154 cm³/mol. The Kier molecular flexibility index (Phi) is 8.66. The Morgan fingerprint density at radius 3 is 2.23 bits per heavy atom. The number of benzene rings is 3. The van der Waals surface area contributed by atoms with Crippen LogP contribution in [0.15, 0.2) is 91.0 Å². The molecule has 4 aromatic rings. The highest BCUT2D eigenvalue weighted by Crippen LogP contribution is 2.26. The first-order valence-electron chi connectivity index (χ1n) is 13.2. The van der Waals surface area contributed by atoms with Crippen molar-refractivity contribution in [2.24, 2.45) is 0 Å². The molecule has 40 heavy (non-hydrogen) atoms. The van der Waals surface area contributed by atoms with E-state index in [1.165, 1.54) is 17.0 Å². The monoisotopic (exact) mass is 557 g/mol. The van der Waals surface area contributed by atoms with Crippen LogP contribution in [0.25, 0.3) is 11.3 Å². The van der Waals surface area contributed by atoms with Crippen LogP contribution in [-0.4, -0.2) is 71.1 Å². The zero-order chi connectivity index (χ0) is 27.9. The number of anilines is 1. The van der Waals surface area contributed by atoms with Gasteiger partial charge in [-0.05, 0) is 42.3 Å². The molecule has 9 heteroatoms. The summed E-state index contributed by atoms with van der Waals surface area (Å²) in [6.07, 6.45) is 0.560. The van der Waals surface area contributed by atoms with E-state index < -0.39 is 11.7 Å². The zero-order valence-electron chi connectivity index (χ0n) is 21.9. The Hall–Kier alpha value is -4.30. The van der Waals surface area contributed by atoms with Gasteiger partial charge >= 0.3 is 0 Å². The van der Waals surface area contributed by atoms with Gasteiger partial charge in [-0.15, -0.1) is 10.2 Å². The summed E-state index contributed by atoms with van der Waals surface area (Å²) in [6.45, 7) is 2.30. The molecule has 3 aromatic carbocycles. The first-order valence-corrected chi connectivity index (χ1v) is 13.6. The fourth-order valence-electron chi connectivity index (χ4n) is 4.72. The van der Waals surface area contributed by atoms with E-state index in [1.54, 1.807) is 17.0 Å². The number of nitrogens with zero attached hydrogens (tertiary/aromatic N) is 5. The highest BCUT2D eigenvalue weighted by atomic mass is 35.5. The van der Waals surface area contributed by atoms with Crippen molar-refractivity contribution in [1.82, 2.24) is 20.0 Å². The van der Waals surface area contributed by atoms with Crippen LogP contribution in [0.2, 0.25) is 5.02 Å². The minimum Gasteiger partial charge on any atom is -0.352 e. The van der Waals surface area contributed by atoms with Crippen LogP contribution in [0.3, 0.4) is 0 Å². The molecule has 1 aliphatic rings. The second-order valence-corrected chi connectivity index (χ2v) is 9.97. The molecule has 1 aromatic heterocycles. The van der Waals surface area contributed by atoms with Crippen molar-refractivity contribution in [2.45, 2.75) is 6.42 Å². The lowest BCUT2D eigenvalue weighted by Crippen LogP contribution is -2.52. The highest BCUT2D eigenvalue weighted by molar-refractivity contribution is 6.33. The van der Waals surface area contributed by atoms with Gasteiger partial charge in [-0.1, -0.05) is 72.3 Å². The summed E-state index contributed by atoms with van der Waals surface area (Å²) in [5.74, 6) is -0.533. The van der Waals surface area contributed by atoms with Crippen molar-refractivity contribution >= 4 is 29.2 Å². The first kappa shape index (κ1) is 27.3. The van der Waals surface area contributed by atoms with E-state index in [1.807, 2.05) is 66.7 Å². The molecule has 0 N–H and O–H groups in total. The number of halogens is 2. The van der Waals surface area contributed by atoms with Crippen LogP contribution >= 0.6 is 11.6 Å². The maximum atomic E-state index is 14.4. The number of hydrogen-bond donors (Lipinski definition) is 0. The fraction of sp³-hybridized carbons (Fsp3) is 0.226. The molecule has 5 rings (SSSR count). The van der Waals surface area contributed by atoms with Gasteiger partial charge in [0.05, 0.1) is 16.3 Å². The average molecular weight is 558 g/mol. The zero-order valence-corrected chi connectivity index (χ0v) is 22.7. The standard InChI is InChI=1S/C31H29ClFN5O2/c32-26-12-6-4-10-24(26)28-14-15-29(35-34-28)36-18-20-37(21-19-36)30(39)22-38(17-16-23-8-2-1-3-9-23)31(40)25-11-5-7-13-27(25)33/h1-15H,16-22H2. The van der Waals surface area contributed by atoms with Gasteiger partial charge in [0.1, 0.15) is 12.4 Å². The third-order valence-electron chi connectivity index (χ3n) is 6.99. The molecule has 1 fully saturated rings. The second kappa shape index (κ2) is 12.7. The van der Waals surface area contributed by atoms with Crippen molar-refractivity contribution in [3.05, 3.63) is 113 Å². The van der Waals surface area contributed by atoms with Crippen molar-refractivity contribution < 1.29 is 14.0 Å². The van der Waals surface area contributed by atoms with E-state index in [-0.39, 0.29) is 18.0 Å². The van der Waals surface area contributed by atoms with E-state index >= 15 is 0 Å². The van der Waals surface area contributed by atoms with Crippen LogP contribution in [0.1, 0.15) is 15.9 Å². The molecular weight excluding hydrogens is 529 g/mol. The van der Waals surface area contributed by atoms with Gasteiger partial charge in [-0.2, -0.15) is 0 Å².